The lowest BCUT2D eigenvalue weighted by Gasteiger charge is -2.05. The van der Waals surface area contributed by atoms with Gasteiger partial charge in [0.1, 0.15) is 5.82 Å². The zero-order valence-corrected chi connectivity index (χ0v) is 11.1. The van der Waals surface area contributed by atoms with Crippen LogP contribution < -0.4 is 5.32 Å². The molecule has 0 aromatic heterocycles. The van der Waals surface area contributed by atoms with Crippen molar-refractivity contribution in [3.8, 4) is 0 Å². The average Bonchev–Trinajstić information content (AvgIpc) is 2.28. The van der Waals surface area contributed by atoms with Gasteiger partial charge in [-0.15, -0.1) is 0 Å². The van der Waals surface area contributed by atoms with Gasteiger partial charge in [0.05, 0.1) is 5.02 Å². The molecule has 0 saturated heterocycles. The minimum absolute atomic E-state index is 0.234. The van der Waals surface area contributed by atoms with E-state index in [1.54, 1.807) is 6.07 Å². The quantitative estimate of drug-likeness (QED) is 0.599. The van der Waals surface area contributed by atoms with E-state index in [4.69, 9.17) is 11.6 Å². The Morgan fingerprint density at radius 1 is 1.35 bits per heavy atom. The van der Waals surface area contributed by atoms with Crippen molar-refractivity contribution >= 4 is 11.6 Å². The molecule has 0 aliphatic carbocycles. The Morgan fingerprint density at radius 3 is 2.82 bits per heavy atom. The van der Waals surface area contributed by atoms with E-state index in [0.717, 1.165) is 18.5 Å². The fourth-order valence-electron chi connectivity index (χ4n) is 1.49. The molecule has 1 N–H and O–H groups in total. The number of nitrogens with one attached hydrogen (secondary N) is 1. The van der Waals surface area contributed by atoms with Gasteiger partial charge < -0.3 is 5.32 Å². The number of allylic oxidation sites excluding steroid dienone is 1. The number of hydrogen-bond acceptors (Lipinski definition) is 1. The summed E-state index contributed by atoms with van der Waals surface area (Å²) in [4.78, 5) is 0. The second kappa shape index (κ2) is 7.46. The average molecular weight is 256 g/mol. The highest BCUT2D eigenvalue weighted by Crippen LogP contribution is 2.20. The van der Waals surface area contributed by atoms with Crippen LogP contribution in [0.3, 0.4) is 0 Å². The minimum atomic E-state index is -0.348. The van der Waals surface area contributed by atoms with Crippen molar-refractivity contribution in [1.82, 2.24) is 5.32 Å². The van der Waals surface area contributed by atoms with E-state index < -0.39 is 0 Å². The Hall–Kier alpha value is -0.860. The molecule has 0 unspecified atom stereocenters. The molecule has 0 aliphatic rings. The Balaban J connectivity index is 2.35. The first kappa shape index (κ1) is 14.2. The summed E-state index contributed by atoms with van der Waals surface area (Å²) in [5.74, 6) is -0.348. The maximum atomic E-state index is 13.1. The summed E-state index contributed by atoms with van der Waals surface area (Å²) in [6.45, 7) is 5.21. The summed E-state index contributed by atoms with van der Waals surface area (Å²) in [5, 5.41) is 3.56. The number of halogens is 2. The van der Waals surface area contributed by atoms with Crippen molar-refractivity contribution in [3.05, 3.63) is 46.8 Å². The molecule has 1 aromatic rings. The molecule has 0 atom stereocenters. The first-order valence-corrected chi connectivity index (χ1v) is 6.30. The summed E-state index contributed by atoms with van der Waals surface area (Å²) < 4.78 is 13.1. The molecule has 1 rings (SSSR count). The number of benzene rings is 1. The molecule has 0 heterocycles. The Kier molecular flexibility index (Phi) is 6.23. The van der Waals surface area contributed by atoms with Gasteiger partial charge in [-0.05, 0) is 31.0 Å². The van der Waals surface area contributed by atoms with Crippen molar-refractivity contribution in [3.63, 3.8) is 0 Å². The van der Waals surface area contributed by atoms with Crippen LogP contribution in [0.5, 0.6) is 0 Å². The molecule has 0 saturated carbocycles. The Bertz CT molecular complexity index is 374. The third-order valence-corrected chi connectivity index (χ3v) is 2.82. The molecule has 0 radical (unpaired) electrons. The molecular weight excluding hydrogens is 237 g/mol. The summed E-state index contributed by atoms with van der Waals surface area (Å²) in [6, 6.07) is 5.43. The maximum absolute atomic E-state index is 13.1. The summed E-state index contributed by atoms with van der Waals surface area (Å²) in [7, 11) is 0. The minimum Gasteiger partial charge on any atom is -0.314 e. The van der Waals surface area contributed by atoms with Crippen molar-refractivity contribution in [2.75, 3.05) is 6.54 Å². The summed E-state index contributed by atoms with van der Waals surface area (Å²) in [5.41, 5.74) is 0.833. The van der Waals surface area contributed by atoms with Gasteiger partial charge in [-0.3, -0.25) is 0 Å². The molecule has 17 heavy (non-hydrogen) atoms. The summed E-state index contributed by atoms with van der Waals surface area (Å²) >= 11 is 5.85. The van der Waals surface area contributed by atoms with E-state index in [1.807, 2.05) is 12.1 Å². The van der Waals surface area contributed by atoms with E-state index >= 15 is 0 Å². The first-order chi connectivity index (χ1) is 8.11. The van der Waals surface area contributed by atoms with Gasteiger partial charge in [0.2, 0.25) is 0 Å². The standard InChI is InChI=1S/C14H19ClFN/c1-11(2)17-10-5-3-4-7-12-8-6-9-13(16)14(12)15/h3-4,6,8-9,11,17H,5,7,10H2,1-2H3/b4-3+. The molecule has 1 aromatic carbocycles. The predicted molar refractivity (Wildman–Crippen MR) is 72.0 cm³/mol. The molecule has 94 valence electrons. The third-order valence-electron chi connectivity index (χ3n) is 2.40. The zero-order chi connectivity index (χ0) is 12.7. The van der Waals surface area contributed by atoms with Crippen molar-refractivity contribution < 1.29 is 4.39 Å². The predicted octanol–water partition coefficient (Wildman–Crippen LogP) is 3.97. The van der Waals surface area contributed by atoms with E-state index in [2.05, 4.69) is 25.2 Å². The van der Waals surface area contributed by atoms with Crippen LogP contribution in [0.15, 0.2) is 30.4 Å². The topological polar surface area (TPSA) is 12.0 Å². The molecule has 3 heteroatoms. The molecular formula is C14H19ClFN. The molecule has 0 spiro atoms. The maximum Gasteiger partial charge on any atom is 0.142 e. The van der Waals surface area contributed by atoms with Gasteiger partial charge in [0, 0.05) is 6.04 Å². The summed E-state index contributed by atoms with van der Waals surface area (Å²) in [6.07, 6.45) is 5.78. The lowest BCUT2D eigenvalue weighted by atomic mass is 10.1. The monoisotopic (exact) mass is 255 g/mol. The van der Waals surface area contributed by atoms with Crippen LogP contribution in [0.4, 0.5) is 4.39 Å². The van der Waals surface area contributed by atoms with Gasteiger partial charge in [-0.1, -0.05) is 49.7 Å². The first-order valence-electron chi connectivity index (χ1n) is 5.92. The zero-order valence-electron chi connectivity index (χ0n) is 10.3. The van der Waals surface area contributed by atoms with Crippen molar-refractivity contribution in [1.29, 1.82) is 0 Å². The van der Waals surface area contributed by atoms with E-state index in [1.165, 1.54) is 6.07 Å². The van der Waals surface area contributed by atoms with Crippen LogP contribution in [0.1, 0.15) is 25.8 Å². The van der Waals surface area contributed by atoms with Gasteiger partial charge in [-0.2, -0.15) is 0 Å². The van der Waals surface area contributed by atoms with Gasteiger partial charge in [0.15, 0.2) is 0 Å². The lowest BCUT2D eigenvalue weighted by molar-refractivity contribution is 0.594. The van der Waals surface area contributed by atoms with Crippen LogP contribution in [0.2, 0.25) is 5.02 Å². The Labute approximate surface area is 108 Å². The SMILES string of the molecule is CC(C)NCC/C=C/Cc1cccc(F)c1Cl. The number of hydrogen-bond donors (Lipinski definition) is 1. The van der Waals surface area contributed by atoms with Gasteiger partial charge >= 0.3 is 0 Å². The highest BCUT2D eigenvalue weighted by molar-refractivity contribution is 6.31. The van der Waals surface area contributed by atoms with E-state index in [0.29, 0.717) is 12.5 Å². The van der Waals surface area contributed by atoms with Crippen molar-refractivity contribution in [2.45, 2.75) is 32.7 Å². The highest BCUT2D eigenvalue weighted by atomic mass is 35.5. The molecule has 0 fully saturated rings. The van der Waals surface area contributed by atoms with Crippen LogP contribution >= 0.6 is 11.6 Å². The Morgan fingerprint density at radius 2 is 2.12 bits per heavy atom. The fraction of sp³-hybridized carbons (Fsp3) is 0.429. The van der Waals surface area contributed by atoms with E-state index in [-0.39, 0.29) is 10.8 Å². The normalized spacial score (nSPS) is 11.6. The van der Waals surface area contributed by atoms with Gasteiger partial charge in [0.25, 0.3) is 0 Å². The van der Waals surface area contributed by atoms with Gasteiger partial charge in [-0.25, -0.2) is 4.39 Å². The fourth-order valence-corrected chi connectivity index (χ4v) is 1.69. The largest absolute Gasteiger partial charge is 0.314 e. The van der Waals surface area contributed by atoms with Crippen molar-refractivity contribution in [2.24, 2.45) is 0 Å². The van der Waals surface area contributed by atoms with Crippen LogP contribution in [-0.4, -0.2) is 12.6 Å². The molecule has 1 nitrogen and oxygen atoms in total. The second-order valence-electron chi connectivity index (χ2n) is 4.29. The van der Waals surface area contributed by atoms with E-state index in [9.17, 15) is 4.39 Å². The van der Waals surface area contributed by atoms with Crippen LogP contribution in [0.25, 0.3) is 0 Å². The second-order valence-corrected chi connectivity index (χ2v) is 4.66. The highest BCUT2D eigenvalue weighted by Gasteiger charge is 2.02. The molecule has 0 amide bonds. The number of rotatable bonds is 6. The third kappa shape index (κ3) is 5.33. The molecule has 0 aliphatic heterocycles. The smallest absolute Gasteiger partial charge is 0.142 e. The lowest BCUT2D eigenvalue weighted by Crippen LogP contribution is -2.23. The molecule has 0 bridgehead atoms. The van der Waals surface area contributed by atoms with Crippen LogP contribution in [-0.2, 0) is 6.42 Å². The van der Waals surface area contributed by atoms with Crippen LogP contribution in [0, 0.1) is 5.82 Å².